The molecule has 0 spiro atoms. The van der Waals surface area contributed by atoms with Crippen molar-refractivity contribution in [3.63, 3.8) is 0 Å². The van der Waals surface area contributed by atoms with Crippen molar-refractivity contribution in [1.82, 2.24) is 5.32 Å². The van der Waals surface area contributed by atoms with E-state index in [1.54, 1.807) is 0 Å². The molecule has 0 aromatic rings. The quantitative estimate of drug-likeness (QED) is 0.479. The fraction of sp³-hybridized carbons (Fsp3) is 1.00. The predicted molar refractivity (Wildman–Crippen MR) is 81.7 cm³/mol. The smallest absolute Gasteiger partial charge is 0.158 e. The normalized spacial score (nSPS) is 27.1. The number of aliphatic hydroxyl groups is 1. The maximum absolute atomic E-state index is 10.5. The Morgan fingerprint density at radius 2 is 1.75 bits per heavy atom. The van der Waals surface area contributed by atoms with E-state index in [0.29, 0.717) is 19.8 Å². The molecule has 0 aromatic carbocycles. The van der Waals surface area contributed by atoms with Gasteiger partial charge >= 0.3 is 0 Å². The van der Waals surface area contributed by atoms with Gasteiger partial charge in [-0.05, 0) is 45.4 Å². The van der Waals surface area contributed by atoms with E-state index in [9.17, 15) is 5.11 Å². The molecular weight excluding hydrogens is 254 g/mol. The molecule has 2 N–H and O–H groups in total. The zero-order valence-electron chi connectivity index (χ0n) is 13.5. The Morgan fingerprint density at radius 3 is 2.25 bits per heavy atom. The highest BCUT2D eigenvalue weighted by Gasteiger charge is 2.32. The molecule has 0 saturated heterocycles. The molecule has 0 aliphatic heterocycles. The maximum atomic E-state index is 10.5. The van der Waals surface area contributed by atoms with Crippen LogP contribution >= 0.6 is 0 Å². The number of rotatable bonds is 10. The third-order valence-electron chi connectivity index (χ3n) is 4.33. The summed E-state index contributed by atoms with van der Waals surface area (Å²) in [4.78, 5) is 0. The van der Waals surface area contributed by atoms with Crippen LogP contribution < -0.4 is 5.32 Å². The van der Waals surface area contributed by atoms with Gasteiger partial charge in [-0.2, -0.15) is 0 Å². The minimum Gasteiger partial charge on any atom is -0.389 e. The Morgan fingerprint density at radius 1 is 1.15 bits per heavy atom. The molecule has 0 amide bonds. The molecule has 0 heterocycles. The third kappa shape index (κ3) is 6.53. The number of ether oxygens (including phenoxy) is 2. The van der Waals surface area contributed by atoms with Crippen molar-refractivity contribution in [2.45, 2.75) is 71.2 Å². The summed E-state index contributed by atoms with van der Waals surface area (Å²) in [5, 5.41) is 13.9. The lowest BCUT2D eigenvalue weighted by molar-refractivity contribution is -0.139. The van der Waals surface area contributed by atoms with Crippen molar-refractivity contribution < 1.29 is 14.6 Å². The molecule has 0 unspecified atom stereocenters. The molecule has 120 valence electrons. The monoisotopic (exact) mass is 287 g/mol. The van der Waals surface area contributed by atoms with Crippen molar-refractivity contribution in [2.75, 3.05) is 26.3 Å². The average molecular weight is 287 g/mol. The Hall–Kier alpha value is -0.160. The number of hydrogen-bond donors (Lipinski definition) is 2. The van der Waals surface area contributed by atoms with Gasteiger partial charge in [0.25, 0.3) is 0 Å². The summed E-state index contributed by atoms with van der Waals surface area (Å²) in [5.41, 5.74) is -0.502. The third-order valence-corrected chi connectivity index (χ3v) is 4.33. The van der Waals surface area contributed by atoms with E-state index in [1.807, 2.05) is 13.8 Å². The van der Waals surface area contributed by atoms with Crippen LogP contribution in [0.4, 0.5) is 0 Å². The minimum absolute atomic E-state index is 0.122. The molecule has 1 saturated carbocycles. The standard InChI is InChI=1S/C16H33NO3/c1-4-14-7-10-16(18,11-8-14)13-17-12-9-15(19-5-2)20-6-3/h14-15,17-18H,4-13H2,1-3H3. The van der Waals surface area contributed by atoms with Crippen molar-refractivity contribution in [3.05, 3.63) is 0 Å². The first-order chi connectivity index (χ1) is 9.63. The number of nitrogens with one attached hydrogen (secondary N) is 1. The average Bonchev–Trinajstić information content (AvgIpc) is 2.45. The second kappa shape index (κ2) is 9.72. The van der Waals surface area contributed by atoms with E-state index < -0.39 is 5.60 Å². The Labute approximate surface area is 124 Å². The summed E-state index contributed by atoms with van der Waals surface area (Å²) in [6, 6.07) is 0. The summed E-state index contributed by atoms with van der Waals surface area (Å²) < 4.78 is 11.0. The first kappa shape index (κ1) is 17.9. The molecule has 1 aliphatic carbocycles. The second-order valence-electron chi connectivity index (χ2n) is 5.88. The summed E-state index contributed by atoms with van der Waals surface area (Å²) in [6.45, 7) is 9.07. The fourth-order valence-corrected chi connectivity index (χ4v) is 2.93. The van der Waals surface area contributed by atoms with Gasteiger partial charge in [-0.3, -0.25) is 0 Å². The van der Waals surface area contributed by atoms with Gasteiger partial charge in [-0.25, -0.2) is 0 Å². The highest BCUT2D eigenvalue weighted by molar-refractivity contribution is 4.87. The lowest BCUT2D eigenvalue weighted by Gasteiger charge is -2.36. The van der Waals surface area contributed by atoms with Crippen LogP contribution in [0.15, 0.2) is 0 Å². The Kier molecular flexibility index (Phi) is 8.69. The van der Waals surface area contributed by atoms with Crippen LogP contribution in [0.25, 0.3) is 0 Å². The van der Waals surface area contributed by atoms with Crippen LogP contribution in [-0.2, 0) is 9.47 Å². The van der Waals surface area contributed by atoms with Crippen LogP contribution in [-0.4, -0.2) is 43.3 Å². The van der Waals surface area contributed by atoms with Crippen molar-refractivity contribution in [1.29, 1.82) is 0 Å². The van der Waals surface area contributed by atoms with Crippen LogP contribution in [0.1, 0.15) is 59.3 Å². The van der Waals surface area contributed by atoms with Gasteiger partial charge in [0.05, 0.1) is 5.60 Å². The molecule has 1 aliphatic rings. The van der Waals surface area contributed by atoms with E-state index in [2.05, 4.69) is 12.2 Å². The molecular formula is C16H33NO3. The van der Waals surface area contributed by atoms with E-state index >= 15 is 0 Å². The van der Waals surface area contributed by atoms with Crippen LogP contribution in [0, 0.1) is 5.92 Å². The van der Waals surface area contributed by atoms with Gasteiger partial charge in [0.1, 0.15) is 0 Å². The predicted octanol–water partition coefficient (Wildman–Crippen LogP) is 2.70. The summed E-state index contributed by atoms with van der Waals surface area (Å²) >= 11 is 0. The largest absolute Gasteiger partial charge is 0.389 e. The fourth-order valence-electron chi connectivity index (χ4n) is 2.93. The zero-order valence-corrected chi connectivity index (χ0v) is 13.5. The molecule has 1 rings (SSSR count). The van der Waals surface area contributed by atoms with Crippen LogP contribution in [0.3, 0.4) is 0 Å². The highest BCUT2D eigenvalue weighted by Crippen LogP contribution is 2.33. The van der Waals surface area contributed by atoms with E-state index in [-0.39, 0.29) is 6.29 Å². The van der Waals surface area contributed by atoms with Gasteiger partial charge in [0.15, 0.2) is 6.29 Å². The molecule has 4 heteroatoms. The minimum atomic E-state index is -0.502. The first-order valence-electron chi connectivity index (χ1n) is 8.29. The summed E-state index contributed by atoms with van der Waals surface area (Å²) in [6.07, 6.45) is 6.13. The topological polar surface area (TPSA) is 50.7 Å². The van der Waals surface area contributed by atoms with Crippen molar-refractivity contribution in [2.24, 2.45) is 5.92 Å². The molecule has 0 bridgehead atoms. The van der Waals surface area contributed by atoms with Gasteiger partial charge in [0.2, 0.25) is 0 Å². The second-order valence-corrected chi connectivity index (χ2v) is 5.88. The van der Waals surface area contributed by atoms with E-state index in [4.69, 9.17) is 9.47 Å². The molecule has 0 radical (unpaired) electrons. The lowest BCUT2D eigenvalue weighted by Crippen LogP contribution is -2.44. The van der Waals surface area contributed by atoms with Crippen LogP contribution in [0.2, 0.25) is 0 Å². The van der Waals surface area contributed by atoms with E-state index in [0.717, 1.165) is 44.6 Å². The molecule has 0 aromatic heterocycles. The molecule has 20 heavy (non-hydrogen) atoms. The van der Waals surface area contributed by atoms with Crippen molar-refractivity contribution >= 4 is 0 Å². The SMILES string of the molecule is CCOC(CCNCC1(O)CCC(CC)CC1)OCC. The van der Waals surface area contributed by atoms with Crippen LogP contribution in [0.5, 0.6) is 0 Å². The molecule has 4 nitrogen and oxygen atoms in total. The number of hydrogen-bond acceptors (Lipinski definition) is 4. The van der Waals surface area contributed by atoms with Gasteiger partial charge in [-0.1, -0.05) is 13.3 Å². The Bertz CT molecular complexity index is 234. The lowest BCUT2D eigenvalue weighted by atomic mass is 9.78. The van der Waals surface area contributed by atoms with E-state index in [1.165, 1.54) is 6.42 Å². The van der Waals surface area contributed by atoms with Gasteiger partial charge in [0, 0.05) is 32.7 Å². The summed E-state index contributed by atoms with van der Waals surface area (Å²) in [7, 11) is 0. The first-order valence-corrected chi connectivity index (χ1v) is 8.29. The highest BCUT2D eigenvalue weighted by atomic mass is 16.7. The molecule has 0 atom stereocenters. The molecule has 1 fully saturated rings. The van der Waals surface area contributed by atoms with Crippen molar-refractivity contribution in [3.8, 4) is 0 Å². The summed E-state index contributed by atoms with van der Waals surface area (Å²) in [5.74, 6) is 0.815. The maximum Gasteiger partial charge on any atom is 0.158 e. The van der Waals surface area contributed by atoms with Gasteiger partial charge < -0.3 is 19.9 Å². The zero-order chi connectivity index (χ0) is 14.8. The van der Waals surface area contributed by atoms with Gasteiger partial charge in [-0.15, -0.1) is 0 Å². The Balaban J connectivity index is 2.16.